The monoisotopic (exact) mass is 368 g/mol. The van der Waals surface area contributed by atoms with E-state index in [9.17, 15) is 17.6 Å². The first-order valence-corrected chi connectivity index (χ1v) is 6.24. The molecule has 1 saturated heterocycles. The summed E-state index contributed by atoms with van der Waals surface area (Å²) in [5.74, 6) is -0.923. The molecule has 1 aromatic rings. The molecule has 1 atom stereocenters. The average molecular weight is 370 g/mol. The Bertz CT molecular complexity index is 451. The van der Waals surface area contributed by atoms with Gasteiger partial charge in [0.2, 0.25) is 0 Å². The van der Waals surface area contributed by atoms with Gasteiger partial charge in [0, 0.05) is 36.8 Å². The number of nitrogens with zero attached hydrogens (tertiary/aromatic N) is 1. The number of piperazine rings is 1. The summed E-state index contributed by atoms with van der Waals surface area (Å²) in [6.07, 6.45) is -4.52. The minimum absolute atomic E-state index is 0. The van der Waals surface area contributed by atoms with Crippen LogP contribution in [0.5, 0.6) is 0 Å². The molecular weight excluding hydrogens is 354 g/mol. The highest BCUT2D eigenvalue weighted by Crippen LogP contribution is 2.39. The van der Waals surface area contributed by atoms with Gasteiger partial charge in [-0.15, -0.1) is 24.8 Å². The third kappa shape index (κ3) is 5.14. The summed E-state index contributed by atoms with van der Waals surface area (Å²) < 4.78 is 53.4. The molecule has 1 N–H and O–H groups in total. The normalized spacial score (nSPS) is 17.6. The van der Waals surface area contributed by atoms with Gasteiger partial charge in [-0.05, 0) is 12.1 Å². The molecule has 1 aromatic carbocycles. The Hall–Kier alpha value is -0.270. The Kier molecular flexibility index (Phi) is 8.28. The van der Waals surface area contributed by atoms with Crippen molar-refractivity contribution in [2.75, 3.05) is 26.2 Å². The molecule has 122 valence electrons. The number of hydrogen-bond acceptors (Lipinski definition) is 2. The quantitative estimate of drug-likeness (QED) is 0.797. The maximum Gasteiger partial charge on any atom is 0.408 e. The summed E-state index contributed by atoms with van der Waals surface area (Å²) in [6, 6.07) is 1.38. The van der Waals surface area contributed by atoms with Gasteiger partial charge in [0.1, 0.15) is 11.9 Å². The van der Waals surface area contributed by atoms with Crippen LogP contribution in [0.15, 0.2) is 18.2 Å². The molecule has 9 heteroatoms. The van der Waals surface area contributed by atoms with E-state index >= 15 is 0 Å². The highest BCUT2D eigenvalue weighted by atomic mass is 35.5. The van der Waals surface area contributed by atoms with Crippen LogP contribution in [-0.2, 0) is 0 Å². The summed E-state index contributed by atoms with van der Waals surface area (Å²) in [5.41, 5.74) is -0.376. The molecule has 0 aliphatic carbocycles. The van der Waals surface area contributed by atoms with Gasteiger partial charge in [-0.3, -0.25) is 4.90 Å². The van der Waals surface area contributed by atoms with Gasteiger partial charge in [0.25, 0.3) is 0 Å². The van der Waals surface area contributed by atoms with E-state index in [1.165, 1.54) is 11.0 Å². The standard InChI is InChI=1S/C12H13ClF4N2.2ClH/c13-8-1-2-9(10(14)7-8)11(12(15,16)17)19-5-3-18-4-6-19;;/h1-2,7,11,18H,3-6H2;2*1H/t11-;;/m1../s1. The van der Waals surface area contributed by atoms with E-state index in [-0.39, 0.29) is 48.5 Å². The lowest BCUT2D eigenvalue weighted by molar-refractivity contribution is -0.188. The SMILES string of the molecule is Cl.Cl.Fc1cc(Cl)ccc1[C@@H](N1CCNCC1)C(F)(F)F. The van der Waals surface area contributed by atoms with Gasteiger partial charge in [-0.25, -0.2) is 4.39 Å². The lowest BCUT2D eigenvalue weighted by Gasteiger charge is -2.36. The van der Waals surface area contributed by atoms with Crippen LogP contribution in [0.1, 0.15) is 11.6 Å². The Morgan fingerprint density at radius 2 is 1.71 bits per heavy atom. The van der Waals surface area contributed by atoms with Crippen LogP contribution < -0.4 is 5.32 Å². The van der Waals surface area contributed by atoms with Gasteiger partial charge in [0.05, 0.1) is 0 Å². The number of halogens is 7. The zero-order valence-corrected chi connectivity index (χ0v) is 13.2. The molecule has 0 amide bonds. The van der Waals surface area contributed by atoms with Crippen molar-refractivity contribution in [1.29, 1.82) is 0 Å². The first kappa shape index (κ1) is 20.7. The fraction of sp³-hybridized carbons (Fsp3) is 0.500. The number of benzene rings is 1. The Morgan fingerprint density at radius 3 is 2.19 bits per heavy atom. The molecule has 1 aliphatic heterocycles. The lowest BCUT2D eigenvalue weighted by Crippen LogP contribution is -2.49. The molecule has 2 nitrogen and oxygen atoms in total. The summed E-state index contributed by atoms with van der Waals surface area (Å²) in [4.78, 5) is 1.24. The number of rotatable bonds is 2. The third-order valence-corrected chi connectivity index (χ3v) is 3.32. The summed E-state index contributed by atoms with van der Waals surface area (Å²) in [7, 11) is 0. The highest BCUT2D eigenvalue weighted by Gasteiger charge is 2.46. The molecule has 2 rings (SSSR count). The van der Waals surface area contributed by atoms with Crippen LogP contribution in [0.2, 0.25) is 5.02 Å². The smallest absolute Gasteiger partial charge is 0.314 e. The minimum atomic E-state index is -4.52. The fourth-order valence-corrected chi connectivity index (χ4v) is 2.40. The van der Waals surface area contributed by atoms with Gasteiger partial charge in [-0.2, -0.15) is 13.2 Å². The molecule has 0 bridgehead atoms. The van der Waals surface area contributed by atoms with Crippen molar-refractivity contribution in [3.05, 3.63) is 34.6 Å². The molecule has 0 unspecified atom stereocenters. The van der Waals surface area contributed by atoms with Crippen molar-refractivity contribution < 1.29 is 17.6 Å². The highest BCUT2D eigenvalue weighted by molar-refractivity contribution is 6.30. The Balaban J connectivity index is 0.00000200. The van der Waals surface area contributed by atoms with Crippen LogP contribution in [0.25, 0.3) is 0 Å². The molecule has 1 heterocycles. The van der Waals surface area contributed by atoms with E-state index < -0.39 is 18.0 Å². The molecule has 0 spiro atoms. The molecule has 0 radical (unpaired) electrons. The van der Waals surface area contributed by atoms with Crippen molar-refractivity contribution in [2.24, 2.45) is 0 Å². The third-order valence-electron chi connectivity index (χ3n) is 3.08. The molecule has 1 fully saturated rings. The predicted molar refractivity (Wildman–Crippen MR) is 79.1 cm³/mol. The van der Waals surface area contributed by atoms with Crippen LogP contribution in [-0.4, -0.2) is 37.3 Å². The molecule has 0 aromatic heterocycles. The number of nitrogens with one attached hydrogen (secondary N) is 1. The first-order chi connectivity index (χ1) is 8.89. The van der Waals surface area contributed by atoms with Gasteiger partial charge in [0.15, 0.2) is 0 Å². The minimum Gasteiger partial charge on any atom is -0.314 e. The fourth-order valence-electron chi connectivity index (χ4n) is 2.24. The topological polar surface area (TPSA) is 15.3 Å². The zero-order chi connectivity index (χ0) is 14.0. The maximum atomic E-state index is 13.8. The van der Waals surface area contributed by atoms with Gasteiger partial charge >= 0.3 is 6.18 Å². The lowest BCUT2D eigenvalue weighted by atomic mass is 10.0. The van der Waals surface area contributed by atoms with Crippen molar-refractivity contribution in [3.8, 4) is 0 Å². The predicted octanol–water partition coefficient (Wildman–Crippen LogP) is 3.83. The number of hydrogen-bond donors (Lipinski definition) is 1. The average Bonchev–Trinajstić information content (AvgIpc) is 2.32. The van der Waals surface area contributed by atoms with E-state index in [4.69, 9.17) is 11.6 Å². The van der Waals surface area contributed by atoms with Crippen molar-refractivity contribution >= 4 is 36.4 Å². The van der Waals surface area contributed by atoms with Crippen LogP contribution in [0, 0.1) is 5.82 Å². The first-order valence-electron chi connectivity index (χ1n) is 5.86. The second-order valence-corrected chi connectivity index (χ2v) is 4.83. The second kappa shape index (κ2) is 8.39. The van der Waals surface area contributed by atoms with E-state index in [1.807, 2.05) is 0 Å². The summed E-state index contributed by atoms with van der Waals surface area (Å²) in [5, 5.41) is 3.06. The summed E-state index contributed by atoms with van der Waals surface area (Å²) >= 11 is 5.58. The van der Waals surface area contributed by atoms with Crippen molar-refractivity contribution in [1.82, 2.24) is 10.2 Å². The van der Waals surface area contributed by atoms with E-state index in [1.54, 1.807) is 0 Å². The van der Waals surface area contributed by atoms with Gasteiger partial charge < -0.3 is 5.32 Å². The van der Waals surface area contributed by atoms with Crippen LogP contribution in [0.3, 0.4) is 0 Å². The van der Waals surface area contributed by atoms with E-state index in [0.29, 0.717) is 13.1 Å². The van der Waals surface area contributed by atoms with Crippen LogP contribution >= 0.6 is 36.4 Å². The number of alkyl halides is 3. The molecule has 0 saturated carbocycles. The Labute approximate surface area is 137 Å². The maximum absolute atomic E-state index is 13.8. The molecule has 21 heavy (non-hydrogen) atoms. The Morgan fingerprint density at radius 1 is 1.14 bits per heavy atom. The van der Waals surface area contributed by atoms with Crippen molar-refractivity contribution in [3.63, 3.8) is 0 Å². The summed E-state index contributed by atoms with van der Waals surface area (Å²) in [6.45, 7) is 1.38. The largest absolute Gasteiger partial charge is 0.408 e. The zero-order valence-electron chi connectivity index (χ0n) is 10.8. The van der Waals surface area contributed by atoms with E-state index in [0.717, 1.165) is 12.1 Å². The van der Waals surface area contributed by atoms with Crippen molar-refractivity contribution in [2.45, 2.75) is 12.2 Å². The van der Waals surface area contributed by atoms with Crippen LogP contribution in [0.4, 0.5) is 17.6 Å². The second-order valence-electron chi connectivity index (χ2n) is 4.40. The van der Waals surface area contributed by atoms with Gasteiger partial charge in [-0.1, -0.05) is 17.7 Å². The molecular formula is C12H15Cl3F4N2. The molecule has 1 aliphatic rings. The van der Waals surface area contributed by atoms with E-state index in [2.05, 4.69) is 5.32 Å².